The molecular weight excluding hydrogens is 344 g/mol. The van der Waals surface area contributed by atoms with E-state index in [0.29, 0.717) is 0 Å². The van der Waals surface area contributed by atoms with Crippen molar-refractivity contribution in [2.75, 3.05) is 34.4 Å². The predicted molar refractivity (Wildman–Crippen MR) is 104 cm³/mol. The van der Waals surface area contributed by atoms with E-state index in [0.717, 1.165) is 32.4 Å². The Labute approximate surface area is 153 Å². The van der Waals surface area contributed by atoms with Crippen LogP contribution in [0.25, 0.3) is 6.08 Å². The highest BCUT2D eigenvalue weighted by Crippen LogP contribution is 2.14. The fourth-order valence-electron chi connectivity index (χ4n) is 2.44. The van der Waals surface area contributed by atoms with Crippen LogP contribution < -0.4 is 11.1 Å². The molecule has 0 amide bonds. The van der Waals surface area contributed by atoms with Crippen molar-refractivity contribution in [3.05, 3.63) is 42.0 Å². The van der Waals surface area contributed by atoms with Crippen LogP contribution in [-0.4, -0.2) is 48.9 Å². The summed E-state index contributed by atoms with van der Waals surface area (Å²) in [5.41, 5.74) is 7.21. The first kappa shape index (κ1) is 23.3. The zero-order valence-corrected chi connectivity index (χ0v) is 16.7. The van der Waals surface area contributed by atoms with Gasteiger partial charge in [-0.25, -0.2) is 0 Å². The molecule has 0 radical (unpaired) electrons. The maximum Gasteiger partial charge on any atom is 0.517 e. The van der Waals surface area contributed by atoms with Crippen molar-refractivity contribution in [1.82, 2.24) is 5.32 Å². The van der Waals surface area contributed by atoms with Gasteiger partial charge in [0, 0.05) is 27.9 Å². The van der Waals surface area contributed by atoms with E-state index < -0.39 is 8.80 Å². The zero-order valence-electron chi connectivity index (χ0n) is 14.9. The number of nitrogens with one attached hydrogen (secondary N) is 1. The third kappa shape index (κ3) is 7.89. The second kappa shape index (κ2) is 13.5. The molecule has 138 valence electrons. The summed E-state index contributed by atoms with van der Waals surface area (Å²) in [6, 6.07) is 10.3. The van der Waals surface area contributed by atoms with Gasteiger partial charge in [0.25, 0.3) is 0 Å². The fourth-order valence-corrected chi connectivity index (χ4v) is 4.41. The van der Waals surface area contributed by atoms with Gasteiger partial charge in [0.1, 0.15) is 0 Å². The van der Waals surface area contributed by atoms with Gasteiger partial charge in [-0.15, -0.1) is 12.4 Å². The van der Waals surface area contributed by atoms with Crippen LogP contribution in [0.3, 0.4) is 0 Å². The molecule has 0 aliphatic heterocycles. The topological polar surface area (TPSA) is 65.7 Å². The Morgan fingerprint density at radius 3 is 2.29 bits per heavy atom. The van der Waals surface area contributed by atoms with Crippen molar-refractivity contribution < 1.29 is 13.3 Å². The lowest BCUT2D eigenvalue weighted by molar-refractivity contribution is 0.111. The van der Waals surface area contributed by atoms with Gasteiger partial charge in [-0.1, -0.05) is 48.9 Å². The second-order valence-electron chi connectivity index (χ2n) is 5.34. The average molecular weight is 375 g/mol. The summed E-state index contributed by atoms with van der Waals surface area (Å²) < 4.78 is 16.2. The van der Waals surface area contributed by atoms with Crippen LogP contribution >= 0.6 is 12.4 Å². The first-order valence-electron chi connectivity index (χ1n) is 8.02. The van der Waals surface area contributed by atoms with Crippen molar-refractivity contribution >= 4 is 27.3 Å². The number of halogens is 1. The van der Waals surface area contributed by atoms with Gasteiger partial charge in [-0.05, 0) is 24.9 Å². The Hall–Kier alpha value is -0.733. The van der Waals surface area contributed by atoms with Crippen molar-refractivity contribution in [2.24, 2.45) is 5.73 Å². The van der Waals surface area contributed by atoms with Gasteiger partial charge in [-0.3, -0.25) is 0 Å². The summed E-state index contributed by atoms with van der Waals surface area (Å²) in [6.07, 6.45) is 7.18. The maximum atomic E-state index is 6.17. The molecule has 0 aromatic heterocycles. The molecule has 1 aromatic rings. The van der Waals surface area contributed by atoms with Crippen LogP contribution in [0.2, 0.25) is 0 Å². The summed E-state index contributed by atoms with van der Waals surface area (Å²) in [4.78, 5) is 0. The third-order valence-corrected chi connectivity index (χ3v) is 6.70. The highest BCUT2D eigenvalue weighted by molar-refractivity contribution is 6.62. The molecule has 0 aliphatic rings. The largest absolute Gasteiger partial charge is 0.517 e. The molecule has 0 aliphatic carbocycles. The molecule has 7 heteroatoms. The standard InChI is InChI=1S/C17H30N2O3Si.ClH/c1-20-23(21-2,22-3)17(18)13-7-8-14-19-15-9-12-16-10-5-4-6-11-16;/h4-6,9-12,17,19H,7-8,13-15,18H2,1-3H3;1H. The van der Waals surface area contributed by atoms with Crippen LogP contribution in [0.1, 0.15) is 24.8 Å². The van der Waals surface area contributed by atoms with Crippen molar-refractivity contribution in [2.45, 2.75) is 24.9 Å². The van der Waals surface area contributed by atoms with Gasteiger partial charge in [0.2, 0.25) is 0 Å². The number of unbranched alkanes of at least 4 members (excludes halogenated alkanes) is 1. The number of rotatable bonds is 12. The molecule has 1 aromatic carbocycles. The Bertz CT molecular complexity index is 436. The Morgan fingerprint density at radius 2 is 1.71 bits per heavy atom. The van der Waals surface area contributed by atoms with Crippen LogP contribution in [-0.2, 0) is 13.3 Å². The normalized spacial score (nSPS) is 13.0. The van der Waals surface area contributed by atoms with E-state index in [9.17, 15) is 0 Å². The molecule has 0 spiro atoms. The third-order valence-electron chi connectivity index (χ3n) is 3.80. The lowest BCUT2D eigenvalue weighted by Crippen LogP contribution is -2.58. The van der Waals surface area contributed by atoms with E-state index in [2.05, 4.69) is 29.6 Å². The number of benzene rings is 1. The first-order valence-corrected chi connectivity index (χ1v) is 9.82. The number of hydrogen-bond donors (Lipinski definition) is 2. The molecule has 0 saturated heterocycles. The molecule has 0 heterocycles. The quantitative estimate of drug-likeness (QED) is 0.435. The maximum absolute atomic E-state index is 6.17. The van der Waals surface area contributed by atoms with Crippen LogP contribution in [0.15, 0.2) is 36.4 Å². The molecule has 3 N–H and O–H groups in total. The van der Waals surface area contributed by atoms with E-state index in [1.54, 1.807) is 21.3 Å². The predicted octanol–water partition coefficient (Wildman–Crippen LogP) is 2.63. The second-order valence-corrected chi connectivity index (χ2v) is 8.51. The molecular formula is C17H31ClN2O3Si. The molecule has 1 rings (SSSR count). The lowest BCUT2D eigenvalue weighted by Gasteiger charge is -2.29. The minimum absolute atomic E-state index is 0. The van der Waals surface area contributed by atoms with E-state index >= 15 is 0 Å². The van der Waals surface area contributed by atoms with E-state index in [1.165, 1.54) is 5.56 Å². The smallest absolute Gasteiger partial charge is 0.376 e. The first-order chi connectivity index (χ1) is 11.2. The highest BCUT2D eigenvalue weighted by Gasteiger charge is 2.44. The van der Waals surface area contributed by atoms with E-state index in [1.807, 2.05) is 18.2 Å². The summed E-state index contributed by atoms with van der Waals surface area (Å²) in [5.74, 6) is 0. The van der Waals surface area contributed by atoms with Crippen LogP contribution in [0, 0.1) is 0 Å². The molecule has 0 fully saturated rings. The van der Waals surface area contributed by atoms with Gasteiger partial charge in [-0.2, -0.15) is 0 Å². The van der Waals surface area contributed by atoms with Crippen molar-refractivity contribution in [3.63, 3.8) is 0 Å². The van der Waals surface area contributed by atoms with Gasteiger partial charge < -0.3 is 24.3 Å². The molecule has 1 unspecified atom stereocenters. The Morgan fingerprint density at radius 1 is 1.08 bits per heavy atom. The Kier molecular flexibility index (Phi) is 13.1. The minimum Gasteiger partial charge on any atom is -0.376 e. The van der Waals surface area contributed by atoms with Gasteiger partial charge in [0.15, 0.2) is 0 Å². The minimum atomic E-state index is -2.69. The molecule has 0 bridgehead atoms. The van der Waals surface area contributed by atoms with Crippen molar-refractivity contribution in [1.29, 1.82) is 0 Å². The monoisotopic (exact) mass is 374 g/mol. The molecule has 0 saturated carbocycles. The van der Waals surface area contributed by atoms with Gasteiger partial charge in [0.05, 0.1) is 5.67 Å². The molecule has 5 nitrogen and oxygen atoms in total. The SMILES string of the molecule is CO[Si](OC)(OC)C(N)CCCCNCC=Cc1ccccc1.Cl. The van der Waals surface area contributed by atoms with Crippen LogP contribution in [0.5, 0.6) is 0 Å². The zero-order chi connectivity index (χ0) is 17.0. The summed E-state index contributed by atoms with van der Waals surface area (Å²) >= 11 is 0. The number of nitrogens with two attached hydrogens (primary N) is 1. The van der Waals surface area contributed by atoms with Gasteiger partial charge >= 0.3 is 8.80 Å². The van der Waals surface area contributed by atoms with E-state index in [4.69, 9.17) is 19.0 Å². The van der Waals surface area contributed by atoms with E-state index in [-0.39, 0.29) is 18.1 Å². The fraction of sp³-hybridized carbons (Fsp3) is 0.529. The number of hydrogen-bond acceptors (Lipinski definition) is 5. The molecule has 24 heavy (non-hydrogen) atoms. The highest BCUT2D eigenvalue weighted by atomic mass is 35.5. The summed E-state index contributed by atoms with van der Waals surface area (Å²) in [7, 11) is 2.10. The average Bonchev–Trinajstić information content (AvgIpc) is 2.60. The van der Waals surface area contributed by atoms with Crippen molar-refractivity contribution in [3.8, 4) is 0 Å². The van der Waals surface area contributed by atoms with Crippen LogP contribution in [0.4, 0.5) is 0 Å². The Balaban J connectivity index is 0.00000529. The summed E-state index contributed by atoms with van der Waals surface area (Å²) in [6.45, 7) is 1.83. The molecule has 1 atom stereocenters. The summed E-state index contributed by atoms with van der Waals surface area (Å²) in [5, 5.41) is 3.40. The lowest BCUT2D eigenvalue weighted by atomic mass is 10.2.